The molecule has 11 nitrogen and oxygen atoms in total. The van der Waals surface area contributed by atoms with Crippen LogP contribution in [0.5, 0.6) is 11.5 Å². The topological polar surface area (TPSA) is 118 Å². The molecule has 0 spiro atoms. The number of carbonyl (C=O) groups is 2. The largest absolute Gasteiger partial charge is 0.493 e. The van der Waals surface area contributed by atoms with Gasteiger partial charge in [-0.15, -0.1) is 0 Å². The Morgan fingerprint density at radius 2 is 1.83 bits per heavy atom. The summed E-state index contributed by atoms with van der Waals surface area (Å²) in [5.41, 5.74) is 1.59. The number of methoxy groups -OCH3 is 1. The van der Waals surface area contributed by atoms with Crippen molar-refractivity contribution < 1.29 is 23.8 Å². The molecule has 0 saturated carbocycles. The van der Waals surface area contributed by atoms with E-state index in [-0.39, 0.29) is 12.6 Å². The Bertz CT molecular complexity index is 1100. The predicted octanol–water partition coefficient (Wildman–Crippen LogP) is 1.88. The van der Waals surface area contributed by atoms with Gasteiger partial charge < -0.3 is 29.7 Å². The number of amides is 2. The van der Waals surface area contributed by atoms with Crippen molar-refractivity contribution in [1.82, 2.24) is 25.5 Å². The van der Waals surface area contributed by atoms with E-state index in [9.17, 15) is 9.59 Å². The number of esters is 1. The van der Waals surface area contributed by atoms with Crippen LogP contribution >= 0.6 is 0 Å². The van der Waals surface area contributed by atoms with Crippen LogP contribution in [0.1, 0.15) is 25.5 Å². The molecule has 2 aliphatic heterocycles. The molecule has 1 aromatic heterocycles. The van der Waals surface area contributed by atoms with E-state index in [4.69, 9.17) is 14.2 Å². The van der Waals surface area contributed by atoms with E-state index in [0.29, 0.717) is 47.4 Å². The molecule has 2 amide bonds. The van der Waals surface area contributed by atoms with Crippen LogP contribution in [0.3, 0.4) is 0 Å². The van der Waals surface area contributed by atoms with E-state index in [2.05, 4.69) is 30.4 Å². The minimum absolute atomic E-state index is 0.221. The minimum Gasteiger partial charge on any atom is -0.493 e. The van der Waals surface area contributed by atoms with Crippen molar-refractivity contribution in [2.75, 3.05) is 57.9 Å². The third-order valence-corrected chi connectivity index (χ3v) is 6.06. The van der Waals surface area contributed by atoms with Gasteiger partial charge in [-0.2, -0.15) is 0 Å². The summed E-state index contributed by atoms with van der Waals surface area (Å²) in [6.45, 7) is 7.67. The Hall–Kier alpha value is -3.86. The van der Waals surface area contributed by atoms with Crippen LogP contribution in [-0.2, 0) is 9.53 Å². The molecule has 0 aliphatic carbocycles. The Morgan fingerprint density at radius 1 is 1.08 bits per heavy atom. The molecule has 0 radical (unpaired) electrons. The van der Waals surface area contributed by atoms with E-state index in [1.165, 1.54) is 0 Å². The number of carbonyl (C=O) groups excluding carboxylic acids is 2. The van der Waals surface area contributed by atoms with Gasteiger partial charge in [0, 0.05) is 50.8 Å². The summed E-state index contributed by atoms with van der Waals surface area (Å²) in [7, 11) is 1.55. The number of hydrogen-bond acceptors (Lipinski definition) is 9. The molecular weight excluding hydrogens is 464 g/mol. The molecule has 1 saturated heterocycles. The lowest BCUT2D eigenvalue weighted by atomic mass is 9.94. The number of aromatic nitrogens is 2. The van der Waals surface area contributed by atoms with Gasteiger partial charge in [-0.3, -0.25) is 4.90 Å². The summed E-state index contributed by atoms with van der Waals surface area (Å²) in [5.74, 6) is 1.33. The highest BCUT2D eigenvalue weighted by Gasteiger charge is 2.35. The third-order valence-electron chi connectivity index (χ3n) is 6.06. The molecule has 3 heterocycles. The molecule has 192 valence electrons. The normalized spacial score (nSPS) is 18.4. The zero-order valence-corrected chi connectivity index (χ0v) is 20.8. The summed E-state index contributed by atoms with van der Waals surface area (Å²) in [4.78, 5) is 38.8. The van der Waals surface area contributed by atoms with Crippen LogP contribution in [0.2, 0.25) is 0 Å². The highest BCUT2D eigenvalue weighted by atomic mass is 16.5. The third kappa shape index (κ3) is 5.68. The number of piperazine rings is 1. The summed E-state index contributed by atoms with van der Waals surface area (Å²) < 4.78 is 16.5. The quantitative estimate of drug-likeness (QED) is 0.502. The van der Waals surface area contributed by atoms with E-state index in [1.54, 1.807) is 44.6 Å². The molecule has 4 rings (SSSR count). The molecule has 1 atom stereocenters. The first kappa shape index (κ1) is 25.2. The van der Waals surface area contributed by atoms with Crippen molar-refractivity contribution in [1.29, 1.82) is 0 Å². The molecule has 11 heteroatoms. The van der Waals surface area contributed by atoms with E-state index >= 15 is 0 Å². The van der Waals surface area contributed by atoms with Crippen molar-refractivity contribution in [3.8, 4) is 11.5 Å². The summed E-state index contributed by atoms with van der Waals surface area (Å²) in [6.07, 6.45) is 3.46. The van der Waals surface area contributed by atoms with Crippen LogP contribution in [-0.4, -0.2) is 79.9 Å². The van der Waals surface area contributed by atoms with Crippen molar-refractivity contribution in [3.63, 3.8) is 0 Å². The van der Waals surface area contributed by atoms with Crippen LogP contribution in [0.25, 0.3) is 0 Å². The Balaban J connectivity index is 1.60. The second kappa shape index (κ2) is 11.7. The number of ether oxygens (including phenoxy) is 3. The fourth-order valence-electron chi connectivity index (χ4n) is 4.37. The highest BCUT2D eigenvalue weighted by Crippen LogP contribution is 2.35. The standard InChI is InChI=1S/C25H32N6O5/c1-4-35-19-8-7-17(15-20(19)34-3)22-21(23(32)36-5-2)18(28-25(33)29-22)16-30-11-13-31(14-12-30)24-26-9-6-10-27-24/h6-10,15,22H,4-5,11-14,16H2,1-3H3,(H2,28,29,33)/t22-/m0/s1. The van der Waals surface area contributed by atoms with Gasteiger partial charge >= 0.3 is 12.0 Å². The molecule has 1 fully saturated rings. The van der Waals surface area contributed by atoms with Gasteiger partial charge in [-0.1, -0.05) is 6.07 Å². The second-order valence-corrected chi connectivity index (χ2v) is 8.30. The Kier molecular flexibility index (Phi) is 8.21. The number of nitrogens with zero attached hydrogens (tertiary/aromatic N) is 4. The molecule has 36 heavy (non-hydrogen) atoms. The lowest BCUT2D eigenvalue weighted by Crippen LogP contribution is -2.52. The fraction of sp³-hybridized carbons (Fsp3) is 0.440. The van der Waals surface area contributed by atoms with Crippen LogP contribution < -0.4 is 25.0 Å². The second-order valence-electron chi connectivity index (χ2n) is 8.30. The molecular formula is C25H32N6O5. The van der Waals surface area contributed by atoms with E-state index < -0.39 is 12.0 Å². The van der Waals surface area contributed by atoms with Gasteiger partial charge in [0.25, 0.3) is 0 Å². The maximum atomic E-state index is 13.1. The van der Waals surface area contributed by atoms with Crippen molar-refractivity contribution in [2.45, 2.75) is 19.9 Å². The zero-order valence-electron chi connectivity index (χ0n) is 20.8. The first-order valence-corrected chi connectivity index (χ1v) is 12.1. The van der Waals surface area contributed by atoms with Gasteiger partial charge in [-0.25, -0.2) is 19.6 Å². The minimum atomic E-state index is -0.698. The van der Waals surface area contributed by atoms with Gasteiger partial charge in [0.15, 0.2) is 11.5 Å². The summed E-state index contributed by atoms with van der Waals surface area (Å²) >= 11 is 0. The first-order valence-electron chi connectivity index (χ1n) is 12.1. The maximum absolute atomic E-state index is 13.1. The molecule has 0 unspecified atom stereocenters. The number of nitrogens with one attached hydrogen (secondary N) is 2. The zero-order chi connectivity index (χ0) is 25.5. The molecule has 2 N–H and O–H groups in total. The van der Waals surface area contributed by atoms with Crippen molar-refractivity contribution >= 4 is 17.9 Å². The predicted molar refractivity (Wildman–Crippen MR) is 133 cm³/mol. The summed E-state index contributed by atoms with van der Waals surface area (Å²) in [5, 5.41) is 5.72. The average Bonchev–Trinajstić information content (AvgIpc) is 2.90. The van der Waals surface area contributed by atoms with Crippen LogP contribution in [0, 0.1) is 0 Å². The van der Waals surface area contributed by atoms with Gasteiger partial charge in [0.05, 0.1) is 31.9 Å². The maximum Gasteiger partial charge on any atom is 0.338 e. The van der Waals surface area contributed by atoms with Gasteiger partial charge in [-0.05, 0) is 37.6 Å². The number of benzene rings is 1. The van der Waals surface area contributed by atoms with E-state index in [1.807, 2.05) is 13.0 Å². The number of anilines is 1. The van der Waals surface area contributed by atoms with Gasteiger partial charge in [0.1, 0.15) is 0 Å². The first-order chi connectivity index (χ1) is 17.5. The molecule has 1 aromatic carbocycles. The Morgan fingerprint density at radius 3 is 2.50 bits per heavy atom. The average molecular weight is 497 g/mol. The fourth-order valence-corrected chi connectivity index (χ4v) is 4.37. The van der Waals surface area contributed by atoms with Gasteiger partial charge in [0.2, 0.25) is 5.95 Å². The van der Waals surface area contributed by atoms with Crippen molar-refractivity contribution in [2.24, 2.45) is 0 Å². The number of hydrogen-bond donors (Lipinski definition) is 2. The lowest BCUT2D eigenvalue weighted by molar-refractivity contribution is -0.139. The monoisotopic (exact) mass is 496 g/mol. The molecule has 0 bridgehead atoms. The van der Waals surface area contributed by atoms with Crippen LogP contribution in [0.15, 0.2) is 47.9 Å². The van der Waals surface area contributed by atoms with Crippen LogP contribution in [0.4, 0.5) is 10.7 Å². The number of rotatable bonds is 9. The Labute approximate surface area is 210 Å². The molecule has 2 aromatic rings. The lowest BCUT2D eigenvalue weighted by Gasteiger charge is -2.37. The summed E-state index contributed by atoms with van der Waals surface area (Å²) in [6, 6.07) is 6.08. The SMILES string of the molecule is CCOC(=O)C1=C(CN2CCN(c3ncccn3)CC2)NC(=O)N[C@H]1c1ccc(OCC)c(OC)c1. The number of urea groups is 1. The molecule has 2 aliphatic rings. The van der Waals surface area contributed by atoms with E-state index in [0.717, 1.165) is 26.2 Å². The smallest absolute Gasteiger partial charge is 0.338 e. The highest BCUT2D eigenvalue weighted by molar-refractivity contribution is 5.95. The van der Waals surface area contributed by atoms with Crippen molar-refractivity contribution in [3.05, 3.63) is 53.5 Å².